The summed E-state index contributed by atoms with van der Waals surface area (Å²) in [4.78, 5) is 10.1. The maximum atomic E-state index is 12.5. The number of nitrogens with zero attached hydrogens (tertiary/aromatic N) is 3. The molecule has 0 spiro atoms. The van der Waals surface area contributed by atoms with Gasteiger partial charge in [0.15, 0.2) is 0 Å². The number of nitrogens with one attached hydrogen (secondary N) is 1. The summed E-state index contributed by atoms with van der Waals surface area (Å²) in [5.41, 5.74) is 2.50. The Labute approximate surface area is 124 Å². The SMILES string of the molecule is C=C/C=C\C(=C(/C)S(=O)(=O)N1CCN(NC)CC1)[N+](=O)[O-]. The van der Waals surface area contributed by atoms with Crippen LogP contribution >= 0.6 is 0 Å². The second-order valence-electron chi connectivity index (χ2n) is 4.41. The number of hydrogen-bond donors (Lipinski definition) is 1. The lowest BCUT2D eigenvalue weighted by Crippen LogP contribution is -2.52. The second kappa shape index (κ2) is 7.46. The van der Waals surface area contributed by atoms with Crippen LogP contribution in [0, 0.1) is 10.1 Å². The summed E-state index contributed by atoms with van der Waals surface area (Å²) in [5.74, 6) is 0. The Hall–Kier alpha value is -1.55. The van der Waals surface area contributed by atoms with Gasteiger partial charge >= 0.3 is 0 Å². The van der Waals surface area contributed by atoms with E-state index in [1.54, 1.807) is 7.05 Å². The van der Waals surface area contributed by atoms with Crippen molar-refractivity contribution in [3.05, 3.63) is 45.5 Å². The molecule has 0 unspecified atom stereocenters. The molecule has 118 valence electrons. The number of allylic oxidation sites excluding steroid dienone is 4. The van der Waals surface area contributed by atoms with E-state index in [9.17, 15) is 18.5 Å². The molecule has 1 heterocycles. The average Bonchev–Trinajstić information content (AvgIpc) is 2.47. The van der Waals surface area contributed by atoms with Crippen LogP contribution in [0.25, 0.3) is 0 Å². The van der Waals surface area contributed by atoms with Gasteiger partial charge in [-0.15, -0.1) is 0 Å². The number of rotatable bonds is 6. The first kappa shape index (κ1) is 17.5. The van der Waals surface area contributed by atoms with Gasteiger partial charge in [-0.05, 0) is 14.0 Å². The molecule has 0 aromatic heterocycles. The normalized spacial score (nSPS) is 19.5. The predicted octanol–water partition coefficient (Wildman–Crippen LogP) is 0.319. The van der Waals surface area contributed by atoms with E-state index >= 15 is 0 Å². The molecule has 1 aliphatic rings. The average molecular weight is 316 g/mol. The molecule has 1 saturated heterocycles. The molecule has 0 aliphatic carbocycles. The molecule has 0 aromatic carbocycles. The number of sulfonamides is 1. The number of hydrazine groups is 1. The molecule has 0 bridgehead atoms. The van der Waals surface area contributed by atoms with Crippen molar-refractivity contribution >= 4 is 10.0 Å². The minimum Gasteiger partial charge on any atom is -0.258 e. The van der Waals surface area contributed by atoms with Crippen molar-refractivity contribution in [2.24, 2.45) is 0 Å². The van der Waals surface area contributed by atoms with Gasteiger partial charge in [-0.25, -0.2) is 13.4 Å². The third-order valence-electron chi connectivity index (χ3n) is 3.23. The largest absolute Gasteiger partial charge is 0.284 e. The Kier molecular flexibility index (Phi) is 6.21. The van der Waals surface area contributed by atoms with Crippen LogP contribution in [0.4, 0.5) is 0 Å². The van der Waals surface area contributed by atoms with Crippen LogP contribution in [0.5, 0.6) is 0 Å². The number of piperazine rings is 1. The highest BCUT2D eigenvalue weighted by molar-refractivity contribution is 7.93. The monoisotopic (exact) mass is 316 g/mol. The third kappa shape index (κ3) is 4.21. The first-order valence-corrected chi connectivity index (χ1v) is 7.85. The smallest absolute Gasteiger partial charge is 0.258 e. The summed E-state index contributed by atoms with van der Waals surface area (Å²) in [6.07, 6.45) is 3.84. The Balaban J connectivity index is 3.07. The molecule has 0 saturated carbocycles. The van der Waals surface area contributed by atoms with E-state index in [0.717, 1.165) is 6.08 Å². The van der Waals surface area contributed by atoms with Gasteiger partial charge in [-0.1, -0.05) is 18.7 Å². The molecule has 0 amide bonds. The Morgan fingerprint density at radius 1 is 1.33 bits per heavy atom. The standard InChI is InChI=1S/C12H20N4O4S/c1-4-5-6-12(16(17)18)11(2)21(19,20)15-9-7-14(13-3)8-10-15/h4-6,13H,1,7-10H2,2-3H3/b6-5-,12-11-. The molecular formula is C12H20N4O4S. The fourth-order valence-corrected chi connectivity index (χ4v) is 3.38. The highest BCUT2D eigenvalue weighted by Gasteiger charge is 2.32. The summed E-state index contributed by atoms with van der Waals surface area (Å²) >= 11 is 0. The maximum Gasteiger partial charge on any atom is 0.284 e. The van der Waals surface area contributed by atoms with Gasteiger partial charge in [0, 0.05) is 32.3 Å². The Morgan fingerprint density at radius 2 is 1.90 bits per heavy atom. The minimum atomic E-state index is -3.84. The molecule has 8 nitrogen and oxygen atoms in total. The number of nitro groups is 1. The molecular weight excluding hydrogens is 296 g/mol. The number of hydrogen-bond acceptors (Lipinski definition) is 6. The molecule has 9 heteroatoms. The first-order valence-electron chi connectivity index (χ1n) is 6.41. The molecule has 1 aliphatic heterocycles. The van der Waals surface area contributed by atoms with Gasteiger partial charge in [0.25, 0.3) is 5.70 Å². The van der Waals surface area contributed by atoms with Crippen molar-refractivity contribution in [3.63, 3.8) is 0 Å². The molecule has 0 radical (unpaired) electrons. The predicted molar refractivity (Wildman–Crippen MR) is 80.2 cm³/mol. The van der Waals surface area contributed by atoms with Crippen molar-refractivity contribution < 1.29 is 13.3 Å². The summed E-state index contributed by atoms with van der Waals surface area (Å²) < 4.78 is 26.2. The maximum absolute atomic E-state index is 12.5. The van der Waals surface area contributed by atoms with Crippen LogP contribution in [-0.2, 0) is 10.0 Å². The van der Waals surface area contributed by atoms with Crippen LogP contribution in [0.3, 0.4) is 0 Å². The van der Waals surface area contributed by atoms with E-state index in [1.807, 2.05) is 5.01 Å². The van der Waals surface area contributed by atoms with Crippen molar-refractivity contribution in [2.45, 2.75) is 6.92 Å². The molecule has 1 fully saturated rings. The zero-order chi connectivity index (χ0) is 16.0. The topological polar surface area (TPSA) is 95.8 Å². The van der Waals surface area contributed by atoms with Gasteiger partial charge in [-0.2, -0.15) is 4.31 Å². The zero-order valence-corrected chi connectivity index (χ0v) is 13.0. The van der Waals surface area contributed by atoms with Gasteiger partial charge in [0.2, 0.25) is 10.0 Å². The highest BCUT2D eigenvalue weighted by Crippen LogP contribution is 2.19. The van der Waals surface area contributed by atoms with Crippen LogP contribution in [-0.4, -0.2) is 55.9 Å². The van der Waals surface area contributed by atoms with Gasteiger partial charge in [0.05, 0.1) is 4.92 Å². The van der Waals surface area contributed by atoms with E-state index < -0.39 is 20.6 Å². The summed E-state index contributed by atoms with van der Waals surface area (Å²) in [6, 6.07) is 0. The lowest BCUT2D eigenvalue weighted by atomic mass is 10.3. The van der Waals surface area contributed by atoms with E-state index in [1.165, 1.54) is 23.4 Å². The van der Waals surface area contributed by atoms with Crippen LogP contribution in [0.15, 0.2) is 35.4 Å². The molecule has 1 N–H and O–H groups in total. The van der Waals surface area contributed by atoms with E-state index in [0.29, 0.717) is 13.1 Å². The molecule has 21 heavy (non-hydrogen) atoms. The van der Waals surface area contributed by atoms with Crippen molar-refractivity contribution in [2.75, 3.05) is 33.2 Å². The first-order chi connectivity index (χ1) is 9.84. The highest BCUT2D eigenvalue weighted by atomic mass is 32.2. The summed E-state index contributed by atoms with van der Waals surface area (Å²) in [7, 11) is -2.07. The van der Waals surface area contributed by atoms with Gasteiger partial charge < -0.3 is 0 Å². The van der Waals surface area contributed by atoms with Crippen LogP contribution in [0.1, 0.15) is 6.92 Å². The van der Waals surface area contributed by atoms with Crippen molar-refractivity contribution in [1.29, 1.82) is 0 Å². The Bertz CT molecular complexity index is 560. The van der Waals surface area contributed by atoms with E-state index in [-0.39, 0.29) is 18.0 Å². The lowest BCUT2D eigenvalue weighted by molar-refractivity contribution is -0.419. The summed E-state index contributed by atoms with van der Waals surface area (Å²) in [6.45, 7) is 6.30. The van der Waals surface area contributed by atoms with E-state index in [4.69, 9.17) is 0 Å². The zero-order valence-electron chi connectivity index (χ0n) is 12.2. The molecule has 1 rings (SSSR count). The quantitative estimate of drug-likeness (QED) is 0.431. The van der Waals surface area contributed by atoms with Gasteiger partial charge in [-0.3, -0.25) is 15.5 Å². The third-order valence-corrected chi connectivity index (χ3v) is 5.26. The van der Waals surface area contributed by atoms with Crippen molar-refractivity contribution in [1.82, 2.24) is 14.7 Å². The second-order valence-corrected chi connectivity index (χ2v) is 6.49. The molecule has 0 aromatic rings. The van der Waals surface area contributed by atoms with Crippen LogP contribution in [0.2, 0.25) is 0 Å². The fraction of sp³-hybridized carbons (Fsp3) is 0.500. The minimum absolute atomic E-state index is 0.261. The summed E-state index contributed by atoms with van der Waals surface area (Å²) in [5, 5.41) is 12.9. The fourth-order valence-electron chi connectivity index (χ4n) is 1.94. The van der Waals surface area contributed by atoms with E-state index in [2.05, 4.69) is 12.0 Å². The lowest BCUT2D eigenvalue weighted by Gasteiger charge is -2.33. The van der Waals surface area contributed by atoms with Crippen molar-refractivity contribution in [3.8, 4) is 0 Å². The van der Waals surface area contributed by atoms with Gasteiger partial charge in [0.1, 0.15) is 4.91 Å². The Morgan fingerprint density at radius 3 is 2.33 bits per heavy atom. The van der Waals surface area contributed by atoms with Crippen LogP contribution < -0.4 is 5.43 Å². The molecule has 0 atom stereocenters.